The molecule has 0 radical (unpaired) electrons. The minimum atomic E-state index is -4.43. The molecule has 0 aromatic carbocycles. The van der Waals surface area contributed by atoms with Crippen LogP contribution in [0.2, 0.25) is 0 Å². The zero-order valence-corrected chi connectivity index (χ0v) is 22.4. The second-order valence-electron chi connectivity index (χ2n) is 11.2. The Labute approximate surface area is 232 Å². The molecule has 3 aromatic heterocycles. The van der Waals surface area contributed by atoms with E-state index in [2.05, 4.69) is 15.4 Å². The number of alkyl halides is 5. The van der Waals surface area contributed by atoms with Crippen LogP contribution in [-0.4, -0.2) is 43.5 Å². The van der Waals surface area contributed by atoms with E-state index >= 15 is 0 Å². The van der Waals surface area contributed by atoms with Crippen LogP contribution < -0.4 is 11.1 Å². The Bertz CT molecular complexity index is 1440. The molecule has 2 aliphatic rings. The fourth-order valence-corrected chi connectivity index (χ4v) is 5.66. The number of pyridine rings is 1. The number of halogens is 5. The fraction of sp³-hybridized carbons (Fsp3) is 0.536. The van der Waals surface area contributed by atoms with Crippen LogP contribution in [0.25, 0.3) is 5.65 Å². The van der Waals surface area contributed by atoms with Gasteiger partial charge >= 0.3 is 6.18 Å². The lowest BCUT2D eigenvalue weighted by atomic mass is 9.75. The number of carbonyl (C=O) groups excluding carboxylic acids is 2. The average molecular weight is 579 g/mol. The number of hydrogen-bond donors (Lipinski definition) is 2. The first-order valence-corrected chi connectivity index (χ1v) is 13.7. The topological polar surface area (TPSA) is 115 Å². The highest BCUT2D eigenvalue weighted by atomic mass is 19.4. The van der Waals surface area contributed by atoms with Gasteiger partial charge in [-0.05, 0) is 67.7 Å². The number of carbonyl (C=O) groups is 2. The standard InChI is InChI=1S/C28H31F5N6O2/c1-15-10-19(26(34)41)25(35-12-15)23(16-4-7-27(29,30)8-5-16)20-14-39-21(37-20)11-18(13-36-39)24(17-2-3-17)38-22(40)6-9-28(31,32)33/h10-14,16-17,23-24H,2-9H2,1H3,(H2,34,41)(H,38,40)/t23-,24-/m1/s1. The largest absolute Gasteiger partial charge is 0.389 e. The number of fused-ring (bicyclic) bond motifs is 1. The van der Waals surface area contributed by atoms with Crippen molar-refractivity contribution in [3.05, 3.63) is 58.8 Å². The Hall–Kier alpha value is -3.64. The van der Waals surface area contributed by atoms with Gasteiger partial charge in [-0.3, -0.25) is 14.6 Å². The Morgan fingerprint density at radius 1 is 1.12 bits per heavy atom. The number of rotatable bonds is 9. The number of aromatic nitrogens is 4. The van der Waals surface area contributed by atoms with Crippen molar-refractivity contribution in [1.29, 1.82) is 0 Å². The van der Waals surface area contributed by atoms with Crippen molar-refractivity contribution in [2.24, 2.45) is 17.6 Å². The van der Waals surface area contributed by atoms with E-state index < -0.39 is 48.7 Å². The van der Waals surface area contributed by atoms with E-state index in [4.69, 9.17) is 10.7 Å². The molecule has 41 heavy (non-hydrogen) atoms. The summed E-state index contributed by atoms with van der Waals surface area (Å²) in [4.78, 5) is 33.9. The molecule has 0 spiro atoms. The minimum absolute atomic E-state index is 0.0788. The second-order valence-corrected chi connectivity index (χ2v) is 11.2. The van der Waals surface area contributed by atoms with Gasteiger partial charge < -0.3 is 11.1 Å². The van der Waals surface area contributed by atoms with Crippen LogP contribution in [0.3, 0.4) is 0 Å². The molecule has 3 heterocycles. The van der Waals surface area contributed by atoms with Crippen molar-refractivity contribution in [3.8, 4) is 0 Å². The van der Waals surface area contributed by atoms with Crippen LogP contribution in [0.4, 0.5) is 22.0 Å². The van der Waals surface area contributed by atoms with Gasteiger partial charge in [0.2, 0.25) is 11.8 Å². The van der Waals surface area contributed by atoms with Gasteiger partial charge in [-0.2, -0.15) is 18.3 Å². The molecule has 0 bridgehead atoms. The minimum Gasteiger partial charge on any atom is -0.366 e. The maximum Gasteiger partial charge on any atom is 0.389 e. The van der Waals surface area contributed by atoms with Crippen LogP contribution in [0, 0.1) is 18.8 Å². The smallest absolute Gasteiger partial charge is 0.366 e. The molecule has 2 aliphatic carbocycles. The van der Waals surface area contributed by atoms with Crippen LogP contribution in [0.1, 0.15) is 96.2 Å². The molecule has 0 saturated heterocycles. The zero-order chi connectivity index (χ0) is 29.5. The normalized spacial score (nSPS) is 19.2. The molecular formula is C28H31F5N6O2. The molecule has 220 valence electrons. The monoisotopic (exact) mass is 578 g/mol. The Morgan fingerprint density at radius 3 is 2.46 bits per heavy atom. The highest BCUT2D eigenvalue weighted by molar-refractivity contribution is 5.94. The zero-order valence-electron chi connectivity index (χ0n) is 22.4. The predicted molar refractivity (Wildman–Crippen MR) is 138 cm³/mol. The number of aryl methyl sites for hydroxylation is 1. The van der Waals surface area contributed by atoms with Crippen LogP contribution in [0.5, 0.6) is 0 Å². The van der Waals surface area contributed by atoms with E-state index in [1.54, 1.807) is 37.6 Å². The van der Waals surface area contributed by atoms with Gasteiger partial charge in [0.15, 0.2) is 5.65 Å². The number of nitrogens with one attached hydrogen (secondary N) is 1. The molecular weight excluding hydrogens is 547 g/mol. The summed E-state index contributed by atoms with van der Waals surface area (Å²) in [5.41, 5.74) is 8.49. The van der Waals surface area contributed by atoms with Gasteiger partial charge in [0.05, 0.1) is 41.8 Å². The first kappa shape index (κ1) is 28.9. The molecule has 3 N–H and O–H groups in total. The van der Waals surface area contributed by atoms with Gasteiger partial charge in [0.1, 0.15) is 0 Å². The van der Waals surface area contributed by atoms with Gasteiger partial charge in [-0.1, -0.05) is 0 Å². The maximum atomic E-state index is 14.1. The first-order chi connectivity index (χ1) is 19.3. The van der Waals surface area contributed by atoms with Crippen LogP contribution >= 0.6 is 0 Å². The Morgan fingerprint density at radius 2 is 1.83 bits per heavy atom. The van der Waals surface area contributed by atoms with Crippen molar-refractivity contribution >= 4 is 17.5 Å². The number of primary amides is 1. The summed E-state index contributed by atoms with van der Waals surface area (Å²) < 4.78 is 67.4. The van der Waals surface area contributed by atoms with E-state index in [-0.39, 0.29) is 43.1 Å². The lowest BCUT2D eigenvalue weighted by Crippen LogP contribution is -2.30. The molecule has 3 aromatic rings. The van der Waals surface area contributed by atoms with E-state index in [1.165, 1.54) is 4.52 Å². The molecule has 0 aliphatic heterocycles. The number of hydrogen-bond acceptors (Lipinski definition) is 5. The third kappa shape index (κ3) is 6.82. The van der Waals surface area contributed by atoms with Crippen LogP contribution in [-0.2, 0) is 4.79 Å². The Balaban J connectivity index is 1.48. The summed E-state index contributed by atoms with van der Waals surface area (Å²) in [5, 5.41) is 7.16. The molecule has 2 amide bonds. The number of imidazole rings is 1. The van der Waals surface area contributed by atoms with E-state index in [0.717, 1.165) is 18.4 Å². The van der Waals surface area contributed by atoms with Gasteiger partial charge in [0.25, 0.3) is 5.91 Å². The van der Waals surface area contributed by atoms with Crippen LogP contribution in [0.15, 0.2) is 30.7 Å². The third-order valence-electron chi connectivity index (χ3n) is 7.93. The quantitative estimate of drug-likeness (QED) is 0.330. The number of amides is 2. The highest BCUT2D eigenvalue weighted by Crippen LogP contribution is 2.45. The van der Waals surface area contributed by atoms with Gasteiger partial charge in [0, 0.05) is 31.4 Å². The van der Waals surface area contributed by atoms with Crippen molar-refractivity contribution < 1.29 is 31.5 Å². The Kier molecular flexibility index (Phi) is 7.73. The predicted octanol–water partition coefficient (Wildman–Crippen LogP) is 5.40. The molecule has 13 heteroatoms. The summed E-state index contributed by atoms with van der Waals surface area (Å²) >= 11 is 0. The summed E-state index contributed by atoms with van der Waals surface area (Å²) in [6.07, 6.45) is -0.0379. The molecule has 5 rings (SSSR count). The van der Waals surface area contributed by atoms with Crippen molar-refractivity contribution in [2.75, 3.05) is 0 Å². The van der Waals surface area contributed by atoms with Crippen molar-refractivity contribution in [1.82, 2.24) is 24.9 Å². The first-order valence-electron chi connectivity index (χ1n) is 13.7. The van der Waals surface area contributed by atoms with Gasteiger partial charge in [-0.15, -0.1) is 0 Å². The third-order valence-corrected chi connectivity index (χ3v) is 7.93. The second kappa shape index (κ2) is 11.0. The lowest BCUT2D eigenvalue weighted by Gasteiger charge is -2.33. The summed E-state index contributed by atoms with van der Waals surface area (Å²) in [7, 11) is 0. The SMILES string of the molecule is Cc1cnc([C@@H](c2cn3ncc([C@H](NC(=O)CCC(F)(F)F)C4CC4)cc3n2)C2CCC(F)(F)CC2)c(C(N)=O)c1. The molecule has 2 atom stereocenters. The van der Waals surface area contributed by atoms with Gasteiger partial charge in [-0.25, -0.2) is 18.3 Å². The average Bonchev–Trinajstić information content (AvgIpc) is 3.65. The summed E-state index contributed by atoms with van der Waals surface area (Å²) in [6.45, 7) is 1.77. The van der Waals surface area contributed by atoms with E-state index in [9.17, 15) is 31.5 Å². The number of nitrogens with two attached hydrogens (primary N) is 1. The highest BCUT2D eigenvalue weighted by Gasteiger charge is 2.41. The number of nitrogens with zero attached hydrogens (tertiary/aromatic N) is 4. The molecule has 2 saturated carbocycles. The molecule has 2 fully saturated rings. The lowest BCUT2D eigenvalue weighted by molar-refractivity contribution is -0.144. The van der Waals surface area contributed by atoms with E-state index in [0.29, 0.717) is 22.6 Å². The summed E-state index contributed by atoms with van der Waals surface area (Å²) in [5.74, 6) is -4.93. The van der Waals surface area contributed by atoms with E-state index in [1.807, 2.05) is 0 Å². The molecule has 8 nitrogen and oxygen atoms in total. The summed E-state index contributed by atoms with van der Waals surface area (Å²) in [6, 6.07) is 2.83. The van der Waals surface area contributed by atoms with Crippen molar-refractivity contribution in [3.63, 3.8) is 0 Å². The maximum absolute atomic E-state index is 14.1. The fourth-order valence-electron chi connectivity index (χ4n) is 5.66. The van der Waals surface area contributed by atoms with Crippen molar-refractivity contribution in [2.45, 2.75) is 82.3 Å². The molecule has 0 unspecified atom stereocenters.